The smallest absolute Gasteiger partial charge is 0.112 e. The molecule has 3 aromatic rings. The van der Waals surface area contributed by atoms with Crippen LogP contribution in [0, 0.1) is 0 Å². The Morgan fingerprint density at radius 2 is 1.78 bits per heavy atom. The number of nitrogens with zero attached hydrogens (tertiary/aromatic N) is 2. The van der Waals surface area contributed by atoms with Crippen molar-refractivity contribution in [3.63, 3.8) is 0 Å². The lowest BCUT2D eigenvalue weighted by molar-refractivity contribution is 1.35. The summed E-state index contributed by atoms with van der Waals surface area (Å²) in [6.45, 7) is 0. The molecule has 0 aliphatic rings. The Morgan fingerprint density at radius 1 is 1.00 bits per heavy atom. The van der Waals surface area contributed by atoms with E-state index in [0.29, 0.717) is 43.4 Å². The minimum absolute atomic E-state index is 0.389. The first-order valence-electron chi connectivity index (χ1n) is 5.21. The van der Waals surface area contributed by atoms with Gasteiger partial charge < -0.3 is 11.5 Å². The molecule has 4 nitrogen and oxygen atoms in total. The maximum Gasteiger partial charge on any atom is 0.112 e. The Labute approximate surface area is 113 Å². The second-order valence-electron chi connectivity index (χ2n) is 3.93. The van der Waals surface area contributed by atoms with Crippen LogP contribution < -0.4 is 11.5 Å². The van der Waals surface area contributed by atoms with Crippen LogP contribution in [0.4, 0.5) is 11.4 Å². The number of hydrogen-bond acceptors (Lipinski definition) is 5. The van der Waals surface area contributed by atoms with E-state index >= 15 is 0 Å². The third kappa shape index (κ3) is 1.55. The molecule has 1 aromatic heterocycles. The number of anilines is 2. The van der Waals surface area contributed by atoms with Crippen molar-refractivity contribution in [2.45, 2.75) is 4.90 Å². The molecule has 18 heavy (non-hydrogen) atoms. The molecule has 4 N–H and O–H groups in total. The van der Waals surface area contributed by atoms with Crippen LogP contribution in [0.25, 0.3) is 22.1 Å². The zero-order chi connectivity index (χ0) is 12.9. The number of thiol groups is 1. The van der Waals surface area contributed by atoms with Gasteiger partial charge in [-0.1, -0.05) is 17.7 Å². The molecule has 0 radical (unpaired) electrons. The van der Waals surface area contributed by atoms with Crippen molar-refractivity contribution in [1.82, 2.24) is 9.97 Å². The Morgan fingerprint density at radius 3 is 2.56 bits per heavy atom. The highest BCUT2D eigenvalue weighted by Crippen LogP contribution is 2.33. The Balaban J connectivity index is 2.57. The van der Waals surface area contributed by atoms with Crippen LogP contribution in [0.5, 0.6) is 0 Å². The standard InChI is InChI=1S/C12H9ClN4S/c13-9-6(15)4-8(18)11-12(9)16-7-3-1-2-5(14)10(7)17-11/h1-4,18H,14-15H2. The van der Waals surface area contributed by atoms with Gasteiger partial charge in [0.05, 0.1) is 21.9 Å². The highest BCUT2D eigenvalue weighted by molar-refractivity contribution is 7.80. The lowest BCUT2D eigenvalue weighted by atomic mass is 10.2. The van der Waals surface area contributed by atoms with Gasteiger partial charge >= 0.3 is 0 Å². The van der Waals surface area contributed by atoms with Gasteiger partial charge in [0.15, 0.2) is 0 Å². The summed E-state index contributed by atoms with van der Waals surface area (Å²) in [4.78, 5) is 9.56. The van der Waals surface area contributed by atoms with Gasteiger partial charge in [0.25, 0.3) is 0 Å². The molecule has 0 atom stereocenters. The molecule has 0 unspecified atom stereocenters. The van der Waals surface area contributed by atoms with E-state index in [0.717, 1.165) is 0 Å². The molecule has 0 saturated heterocycles. The molecule has 0 fully saturated rings. The molecule has 0 aliphatic heterocycles. The predicted octanol–water partition coefficient (Wildman–Crippen LogP) is 2.89. The van der Waals surface area contributed by atoms with Crippen LogP contribution in [-0.4, -0.2) is 9.97 Å². The summed E-state index contributed by atoms with van der Waals surface area (Å²) in [7, 11) is 0. The molecule has 0 saturated carbocycles. The predicted molar refractivity (Wildman–Crippen MR) is 78.1 cm³/mol. The molecular formula is C12H9ClN4S. The second-order valence-corrected chi connectivity index (χ2v) is 4.79. The molecule has 0 amide bonds. The van der Waals surface area contributed by atoms with Crippen LogP contribution in [0.15, 0.2) is 29.2 Å². The number of halogens is 1. The Hall–Kier alpha value is -1.72. The average molecular weight is 277 g/mol. The van der Waals surface area contributed by atoms with Gasteiger partial charge in [0.1, 0.15) is 16.6 Å². The SMILES string of the molecule is Nc1cc(S)c2nc3c(N)cccc3nc2c1Cl. The minimum atomic E-state index is 0.389. The molecule has 3 rings (SSSR count). The van der Waals surface area contributed by atoms with Crippen LogP contribution in [0.2, 0.25) is 5.02 Å². The summed E-state index contributed by atoms with van der Waals surface area (Å²) < 4.78 is 0. The number of aromatic nitrogens is 2. The van der Waals surface area contributed by atoms with Crippen LogP contribution in [-0.2, 0) is 0 Å². The monoisotopic (exact) mass is 276 g/mol. The number of para-hydroxylation sites is 1. The normalized spacial score (nSPS) is 11.2. The van der Waals surface area contributed by atoms with E-state index in [2.05, 4.69) is 22.6 Å². The van der Waals surface area contributed by atoms with Crippen molar-refractivity contribution in [1.29, 1.82) is 0 Å². The molecule has 0 aliphatic carbocycles. The summed E-state index contributed by atoms with van der Waals surface area (Å²) in [5, 5.41) is 0.389. The van der Waals surface area contributed by atoms with E-state index in [1.807, 2.05) is 12.1 Å². The van der Waals surface area contributed by atoms with Crippen molar-refractivity contribution in [2.24, 2.45) is 0 Å². The topological polar surface area (TPSA) is 77.8 Å². The van der Waals surface area contributed by atoms with Crippen molar-refractivity contribution in [2.75, 3.05) is 11.5 Å². The fraction of sp³-hybridized carbons (Fsp3) is 0. The fourth-order valence-electron chi connectivity index (χ4n) is 1.85. The van der Waals surface area contributed by atoms with Crippen LogP contribution in [0.3, 0.4) is 0 Å². The van der Waals surface area contributed by atoms with Gasteiger partial charge in [-0.15, -0.1) is 12.6 Å². The van der Waals surface area contributed by atoms with E-state index < -0.39 is 0 Å². The van der Waals surface area contributed by atoms with Crippen molar-refractivity contribution >= 4 is 57.7 Å². The number of fused-ring (bicyclic) bond motifs is 2. The third-order valence-corrected chi connectivity index (χ3v) is 3.46. The molecular weight excluding hydrogens is 268 g/mol. The van der Waals surface area contributed by atoms with Crippen LogP contribution >= 0.6 is 24.2 Å². The van der Waals surface area contributed by atoms with Gasteiger partial charge in [-0.3, -0.25) is 0 Å². The average Bonchev–Trinajstić information content (AvgIpc) is 2.35. The van der Waals surface area contributed by atoms with E-state index in [9.17, 15) is 0 Å². The first kappa shape index (κ1) is 11.4. The maximum atomic E-state index is 6.15. The summed E-state index contributed by atoms with van der Waals surface area (Å²) in [5.74, 6) is 0. The number of benzene rings is 2. The Bertz CT molecular complexity index is 788. The lowest BCUT2D eigenvalue weighted by Gasteiger charge is -2.08. The molecule has 0 spiro atoms. The van der Waals surface area contributed by atoms with Gasteiger partial charge in [0.2, 0.25) is 0 Å². The fourth-order valence-corrected chi connectivity index (χ4v) is 2.33. The van der Waals surface area contributed by atoms with E-state index in [1.54, 1.807) is 12.1 Å². The molecule has 6 heteroatoms. The first-order valence-corrected chi connectivity index (χ1v) is 6.03. The largest absolute Gasteiger partial charge is 0.397 e. The molecule has 1 heterocycles. The van der Waals surface area contributed by atoms with E-state index in [4.69, 9.17) is 23.1 Å². The number of nitrogens with two attached hydrogens (primary N) is 2. The van der Waals surface area contributed by atoms with E-state index in [-0.39, 0.29) is 0 Å². The zero-order valence-electron chi connectivity index (χ0n) is 9.18. The third-order valence-electron chi connectivity index (χ3n) is 2.72. The quantitative estimate of drug-likeness (QED) is 0.335. The molecule has 2 aromatic carbocycles. The highest BCUT2D eigenvalue weighted by atomic mass is 35.5. The van der Waals surface area contributed by atoms with Gasteiger partial charge in [-0.2, -0.15) is 0 Å². The molecule has 90 valence electrons. The summed E-state index contributed by atoms with van der Waals surface area (Å²) in [6.07, 6.45) is 0. The lowest BCUT2D eigenvalue weighted by Crippen LogP contribution is -1.96. The zero-order valence-corrected chi connectivity index (χ0v) is 10.8. The summed E-state index contributed by atoms with van der Waals surface area (Å²) in [6, 6.07) is 7.09. The maximum absolute atomic E-state index is 6.15. The second kappa shape index (κ2) is 3.90. The first-order chi connectivity index (χ1) is 8.58. The summed E-state index contributed by atoms with van der Waals surface area (Å²) in [5.41, 5.74) is 15.1. The number of hydrogen-bond donors (Lipinski definition) is 3. The van der Waals surface area contributed by atoms with E-state index in [1.165, 1.54) is 0 Å². The minimum Gasteiger partial charge on any atom is -0.397 e. The van der Waals surface area contributed by atoms with Gasteiger partial charge in [0, 0.05) is 4.90 Å². The van der Waals surface area contributed by atoms with Gasteiger partial charge in [-0.25, -0.2) is 9.97 Å². The van der Waals surface area contributed by atoms with Crippen molar-refractivity contribution in [3.8, 4) is 0 Å². The Kier molecular flexibility index (Phi) is 2.46. The number of nitrogen functional groups attached to an aromatic ring is 2. The van der Waals surface area contributed by atoms with Crippen molar-refractivity contribution < 1.29 is 0 Å². The number of rotatable bonds is 0. The highest BCUT2D eigenvalue weighted by Gasteiger charge is 2.12. The van der Waals surface area contributed by atoms with Crippen LogP contribution in [0.1, 0.15) is 0 Å². The molecule has 0 bridgehead atoms. The van der Waals surface area contributed by atoms with Gasteiger partial charge in [-0.05, 0) is 18.2 Å². The summed E-state index contributed by atoms with van der Waals surface area (Å²) >= 11 is 10.5. The van der Waals surface area contributed by atoms with Crippen molar-refractivity contribution in [3.05, 3.63) is 29.3 Å².